The summed E-state index contributed by atoms with van der Waals surface area (Å²) in [6, 6.07) is 9.54. The van der Waals surface area contributed by atoms with Crippen LogP contribution in [-0.2, 0) is 20.7 Å². The van der Waals surface area contributed by atoms with E-state index in [9.17, 15) is 9.59 Å². The second-order valence-corrected chi connectivity index (χ2v) is 4.63. The topological polar surface area (TPSA) is 75.6 Å². The van der Waals surface area contributed by atoms with E-state index in [2.05, 4.69) is 5.32 Å². The van der Waals surface area contributed by atoms with E-state index in [4.69, 9.17) is 9.84 Å². The molecule has 1 atom stereocenters. The Hall–Kier alpha value is -1.88. The van der Waals surface area contributed by atoms with Gasteiger partial charge in [-0.05, 0) is 18.4 Å². The molecule has 0 spiro atoms. The van der Waals surface area contributed by atoms with Crippen molar-refractivity contribution in [2.45, 2.75) is 31.7 Å². The fourth-order valence-corrected chi connectivity index (χ4v) is 1.92. The van der Waals surface area contributed by atoms with E-state index in [1.165, 1.54) is 0 Å². The minimum absolute atomic E-state index is 0.0437. The number of benzene rings is 1. The molecule has 1 amide bonds. The summed E-state index contributed by atoms with van der Waals surface area (Å²) in [6.07, 6.45) is 1.38. The van der Waals surface area contributed by atoms with Gasteiger partial charge >= 0.3 is 5.97 Å². The predicted octanol–water partition coefficient (Wildman–Crippen LogP) is 1.62. The molecule has 2 N–H and O–H groups in total. The van der Waals surface area contributed by atoms with Crippen LogP contribution in [0, 0.1) is 0 Å². The molecule has 0 aliphatic carbocycles. The van der Waals surface area contributed by atoms with Gasteiger partial charge in [-0.1, -0.05) is 30.3 Å². The summed E-state index contributed by atoms with van der Waals surface area (Å²) in [7, 11) is 1.54. The minimum Gasteiger partial charge on any atom is -0.481 e. The Morgan fingerprint density at radius 1 is 1.25 bits per heavy atom. The molecule has 110 valence electrons. The highest BCUT2D eigenvalue weighted by molar-refractivity contribution is 5.76. The molecule has 0 fully saturated rings. The fraction of sp³-hybridized carbons (Fsp3) is 0.467. The lowest BCUT2D eigenvalue weighted by molar-refractivity contribution is -0.137. The molecule has 0 heterocycles. The summed E-state index contributed by atoms with van der Waals surface area (Å²) in [4.78, 5) is 22.4. The molecule has 1 rings (SSSR count). The van der Waals surface area contributed by atoms with Crippen molar-refractivity contribution in [3.8, 4) is 0 Å². The second kappa shape index (κ2) is 9.09. The first-order valence-corrected chi connectivity index (χ1v) is 6.66. The van der Waals surface area contributed by atoms with Gasteiger partial charge in [0.1, 0.15) is 0 Å². The van der Waals surface area contributed by atoms with Crippen LogP contribution in [0.15, 0.2) is 30.3 Å². The number of hydrogen-bond donors (Lipinski definition) is 2. The van der Waals surface area contributed by atoms with E-state index in [1.54, 1.807) is 7.11 Å². The Morgan fingerprint density at radius 3 is 2.55 bits per heavy atom. The van der Waals surface area contributed by atoms with Crippen molar-refractivity contribution in [1.29, 1.82) is 0 Å². The average molecular weight is 279 g/mol. The highest BCUT2D eigenvalue weighted by Crippen LogP contribution is 2.08. The number of carbonyl (C=O) groups is 2. The normalized spacial score (nSPS) is 11.8. The molecule has 0 saturated heterocycles. The van der Waals surface area contributed by atoms with Crippen molar-refractivity contribution < 1.29 is 19.4 Å². The third-order valence-electron chi connectivity index (χ3n) is 2.93. The van der Waals surface area contributed by atoms with E-state index < -0.39 is 5.97 Å². The van der Waals surface area contributed by atoms with Gasteiger partial charge in [-0.25, -0.2) is 0 Å². The van der Waals surface area contributed by atoms with E-state index >= 15 is 0 Å². The number of hydrogen-bond acceptors (Lipinski definition) is 3. The quantitative estimate of drug-likeness (QED) is 0.720. The Balaban J connectivity index is 2.55. The molecule has 0 bridgehead atoms. The van der Waals surface area contributed by atoms with Gasteiger partial charge in [-0.15, -0.1) is 0 Å². The average Bonchev–Trinajstić information content (AvgIpc) is 2.43. The Morgan fingerprint density at radius 2 is 1.95 bits per heavy atom. The molecule has 0 aromatic heterocycles. The highest BCUT2D eigenvalue weighted by Gasteiger charge is 2.14. The molecule has 5 nitrogen and oxygen atoms in total. The molecule has 20 heavy (non-hydrogen) atoms. The molecule has 0 aliphatic heterocycles. The van der Waals surface area contributed by atoms with Crippen LogP contribution in [0.5, 0.6) is 0 Å². The van der Waals surface area contributed by atoms with Crippen molar-refractivity contribution >= 4 is 11.9 Å². The van der Waals surface area contributed by atoms with Gasteiger partial charge < -0.3 is 15.2 Å². The Labute approximate surface area is 118 Å². The van der Waals surface area contributed by atoms with Crippen LogP contribution in [0.2, 0.25) is 0 Å². The number of nitrogens with one attached hydrogen (secondary N) is 1. The summed E-state index contributed by atoms with van der Waals surface area (Å²) in [5.41, 5.74) is 1.08. The highest BCUT2D eigenvalue weighted by atomic mass is 16.5. The summed E-state index contributed by atoms with van der Waals surface area (Å²) in [5.74, 6) is -0.965. The molecular formula is C15H21NO4. The van der Waals surface area contributed by atoms with E-state index in [-0.39, 0.29) is 24.8 Å². The number of rotatable bonds is 9. The van der Waals surface area contributed by atoms with Gasteiger partial charge in [-0.3, -0.25) is 9.59 Å². The summed E-state index contributed by atoms with van der Waals surface area (Å²) >= 11 is 0. The summed E-state index contributed by atoms with van der Waals surface area (Å²) < 4.78 is 4.86. The van der Waals surface area contributed by atoms with Crippen LogP contribution in [0.25, 0.3) is 0 Å². The summed E-state index contributed by atoms with van der Waals surface area (Å²) in [6.45, 7) is 0.364. The Bertz CT molecular complexity index is 419. The standard InChI is InChI=1S/C15H21NO4/c1-20-10-9-14(17)16-13(7-8-15(18)19)11-12-5-3-2-4-6-12/h2-6,13H,7-11H2,1H3,(H,16,17)(H,18,19). The predicted molar refractivity (Wildman–Crippen MR) is 75.4 cm³/mol. The third kappa shape index (κ3) is 6.89. The van der Waals surface area contributed by atoms with Gasteiger partial charge in [0.15, 0.2) is 0 Å². The van der Waals surface area contributed by atoms with E-state index in [0.717, 1.165) is 5.56 Å². The zero-order valence-electron chi connectivity index (χ0n) is 11.7. The number of carbonyl (C=O) groups excluding carboxylic acids is 1. The van der Waals surface area contributed by atoms with Gasteiger partial charge in [0.05, 0.1) is 6.61 Å². The lowest BCUT2D eigenvalue weighted by Gasteiger charge is -2.18. The van der Waals surface area contributed by atoms with Crippen LogP contribution in [0.3, 0.4) is 0 Å². The number of methoxy groups -OCH3 is 1. The molecule has 0 aliphatic rings. The SMILES string of the molecule is COCCC(=O)NC(CCC(=O)O)Cc1ccccc1. The number of ether oxygens (including phenoxy) is 1. The molecule has 5 heteroatoms. The molecule has 0 radical (unpaired) electrons. The first kappa shape index (κ1) is 16.2. The van der Waals surface area contributed by atoms with Crippen molar-refractivity contribution in [2.75, 3.05) is 13.7 Å². The van der Waals surface area contributed by atoms with E-state index in [0.29, 0.717) is 19.4 Å². The lowest BCUT2D eigenvalue weighted by atomic mass is 10.0. The largest absolute Gasteiger partial charge is 0.481 e. The molecule has 1 aromatic rings. The zero-order valence-corrected chi connectivity index (χ0v) is 11.7. The van der Waals surface area contributed by atoms with Crippen LogP contribution in [0.1, 0.15) is 24.8 Å². The monoisotopic (exact) mass is 279 g/mol. The van der Waals surface area contributed by atoms with E-state index in [1.807, 2.05) is 30.3 Å². The first-order valence-electron chi connectivity index (χ1n) is 6.66. The maximum Gasteiger partial charge on any atom is 0.303 e. The van der Waals surface area contributed by atoms with Gasteiger partial charge in [0, 0.05) is 26.0 Å². The first-order chi connectivity index (χ1) is 9.61. The van der Waals surface area contributed by atoms with Crippen molar-refractivity contribution in [1.82, 2.24) is 5.32 Å². The molecule has 0 saturated carbocycles. The fourth-order valence-electron chi connectivity index (χ4n) is 1.92. The second-order valence-electron chi connectivity index (χ2n) is 4.63. The van der Waals surface area contributed by atoms with Gasteiger partial charge in [-0.2, -0.15) is 0 Å². The van der Waals surface area contributed by atoms with Gasteiger partial charge in [0.2, 0.25) is 5.91 Å². The van der Waals surface area contributed by atoms with Crippen molar-refractivity contribution in [3.05, 3.63) is 35.9 Å². The van der Waals surface area contributed by atoms with Crippen LogP contribution in [-0.4, -0.2) is 36.7 Å². The third-order valence-corrected chi connectivity index (χ3v) is 2.93. The minimum atomic E-state index is -0.853. The molecule has 1 aromatic carbocycles. The number of carboxylic acid groups (broad SMARTS) is 1. The maximum absolute atomic E-state index is 11.7. The smallest absolute Gasteiger partial charge is 0.303 e. The maximum atomic E-state index is 11.7. The van der Waals surface area contributed by atoms with Crippen LogP contribution >= 0.6 is 0 Å². The summed E-state index contributed by atoms with van der Waals surface area (Å²) in [5, 5.41) is 11.6. The van der Waals surface area contributed by atoms with Gasteiger partial charge in [0.25, 0.3) is 0 Å². The van der Waals surface area contributed by atoms with Crippen molar-refractivity contribution in [3.63, 3.8) is 0 Å². The number of carboxylic acids is 1. The molecule has 1 unspecified atom stereocenters. The molecular weight excluding hydrogens is 258 g/mol. The van der Waals surface area contributed by atoms with Crippen molar-refractivity contribution in [2.24, 2.45) is 0 Å². The van der Waals surface area contributed by atoms with Crippen LogP contribution < -0.4 is 5.32 Å². The lowest BCUT2D eigenvalue weighted by Crippen LogP contribution is -2.37. The zero-order chi connectivity index (χ0) is 14.8. The Kier molecular flexibility index (Phi) is 7.35. The van der Waals surface area contributed by atoms with Crippen LogP contribution in [0.4, 0.5) is 0 Å². The number of amides is 1. The number of aliphatic carboxylic acids is 1.